The van der Waals surface area contributed by atoms with Crippen LogP contribution < -0.4 is 5.32 Å². The Morgan fingerprint density at radius 1 is 1.06 bits per heavy atom. The summed E-state index contributed by atoms with van der Waals surface area (Å²) < 4.78 is 38.7. The summed E-state index contributed by atoms with van der Waals surface area (Å²) in [6, 6.07) is 12.3. The van der Waals surface area contributed by atoms with E-state index in [-0.39, 0.29) is 5.91 Å². The summed E-state index contributed by atoms with van der Waals surface area (Å²) in [6.45, 7) is 3.09. The van der Waals surface area contributed by atoms with Crippen LogP contribution in [0.5, 0.6) is 0 Å². The van der Waals surface area contributed by atoms with Crippen LogP contribution in [0.4, 0.5) is 24.0 Å². The van der Waals surface area contributed by atoms with Crippen molar-refractivity contribution in [2.45, 2.75) is 6.18 Å². The number of anilines is 2. The summed E-state index contributed by atoms with van der Waals surface area (Å²) in [4.78, 5) is 21.4. The second kappa shape index (κ2) is 8.68. The van der Waals surface area contributed by atoms with Crippen molar-refractivity contribution in [2.24, 2.45) is 0 Å². The lowest BCUT2D eigenvalue weighted by Gasteiger charge is -2.32. The summed E-state index contributed by atoms with van der Waals surface area (Å²) >= 11 is 1.29. The molecule has 1 amide bonds. The molecule has 0 bridgehead atoms. The van der Waals surface area contributed by atoms with Crippen molar-refractivity contribution >= 4 is 28.1 Å². The number of aromatic nitrogens is 1. The van der Waals surface area contributed by atoms with Crippen molar-refractivity contribution < 1.29 is 18.0 Å². The van der Waals surface area contributed by atoms with E-state index in [9.17, 15) is 18.0 Å². The summed E-state index contributed by atoms with van der Waals surface area (Å²) in [6.07, 6.45) is -4.40. The van der Waals surface area contributed by atoms with Crippen molar-refractivity contribution in [2.75, 3.05) is 38.5 Å². The summed E-state index contributed by atoms with van der Waals surface area (Å²) in [7, 11) is 2.04. The Kier molecular flexibility index (Phi) is 5.97. The Hall–Kier alpha value is -2.91. The molecule has 0 saturated carbocycles. The van der Waals surface area contributed by atoms with E-state index in [0.717, 1.165) is 30.8 Å². The van der Waals surface area contributed by atoms with Crippen LogP contribution in [0, 0.1) is 0 Å². The van der Waals surface area contributed by atoms with Crippen molar-refractivity contribution in [1.29, 1.82) is 0 Å². The van der Waals surface area contributed by atoms with Gasteiger partial charge in [0.25, 0.3) is 5.91 Å². The van der Waals surface area contributed by atoms with Crippen LogP contribution in [0.1, 0.15) is 15.9 Å². The fourth-order valence-electron chi connectivity index (χ4n) is 3.36. The molecule has 0 atom stereocenters. The smallest absolute Gasteiger partial charge is 0.336 e. The maximum absolute atomic E-state index is 12.9. The molecular formula is C22H21F3N4OS. The largest absolute Gasteiger partial charge is 0.416 e. The highest BCUT2D eigenvalue weighted by Gasteiger charge is 2.30. The number of benzene rings is 2. The van der Waals surface area contributed by atoms with Crippen molar-refractivity contribution in [3.05, 3.63) is 65.0 Å². The molecule has 1 saturated heterocycles. The lowest BCUT2D eigenvalue weighted by Crippen LogP contribution is -2.47. The molecule has 5 nitrogen and oxygen atoms in total. The topological polar surface area (TPSA) is 48.5 Å². The first-order chi connectivity index (χ1) is 14.8. The van der Waals surface area contributed by atoms with Gasteiger partial charge in [0.05, 0.1) is 11.3 Å². The van der Waals surface area contributed by atoms with Crippen LogP contribution in [0.25, 0.3) is 11.3 Å². The molecular weight excluding hydrogens is 425 g/mol. The standard InChI is InChI=1S/C22H21F3N4OS/c1-28-8-10-29(11-9-28)20(30)16-5-2-4-15(12-16)19-14-31-21(27-19)26-18-7-3-6-17(13-18)22(23,24)25/h2-7,12-14H,8-11H2,1H3,(H,26,27). The van der Waals surface area contributed by atoms with Crippen LogP contribution >= 0.6 is 11.3 Å². The highest BCUT2D eigenvalue weighted by molar-refractivity contribution is 7.14. The zero-order valence-corrected chi connectivity index (χ0v) is 17.6. The maximum atomic E-state index is 12.9. The Morgan fingerprint density at radius 3 is 2.55 bits per heavy atom. The summed E-state index contributed by atoms with van der Waals surface area (Å²) in [5, 5.41) is 5.22. The van der Waals surface area contributed by atoms with Crippen molar-refractivity contribution in [1.82, 2.24) is 14.8 Å². The van der Waals surface area contributed by atoms with E-state index >= 15 is 0 Å². The molecule has 31 heavy (non-hydrogen) atoms. The second-order valence-corrected chi connectivity index (χ2v) is 8.28. The zero-order chi connectivity index (χ0) is 22.0. The van der Waals surface area contributed by atoms with Gasteiger partial charge in [-0.05, 0) is 37.4 Å². The number of rotatable bonds is 4. The summed E-state index contributed by atoms with van der Waals surface area (Å²) in [5.74, 6) is -0.00695. The minimum absolute atomic E-state index is 0.00695. The summed E-state index contributed by atoms with van der Waals surface area (Å²) in [5.41, 5.74) is 1.64. The van der Waals surface area contributed by atoms with Crippen LogP contribution in [-0.4, -0.2) is 53.9 Å². The molecule has 4 rings (SSSR count). The van der Waals surface area contributed by atoms with E-state index in [1.54, 1.807) is 12.1 Å². The fraction of sp³-hybridized carbons (Fsp3) is 0.273. The number of carbonyl (C=O) groups excluding carboxylic acids is 1. The Bertz CT molecular complexity index is 1070. The number of alkyl halides is 3. The molecule has 0 radical (unpaired) electrons. The quantitative estimate of drug-likeness (QED) is 0.616. The number of thiazole rings is 1. The predicted octanol–water partition coefficient (Wildman–Crippen LogP) is 4.96. The first-order valence-corrected chi connectivity index (χ1v) is 10.7. The Morgan fingerprint density at radius 2 is 1.81 bits per heavy atom. The first kappa shape index (κ1) is 21.3. The Labute approximate surface area is 182 Å². The van der Waals surface area contributed by atoms with Gasteiger partial charge in [0.15, 0.2) is 5.13 Å². The number of likely N-dealkylation sites (N-methyl/N-ethyl adjacent to an activating group) is 1. The van der Waals surface area contributed by atoms with Gasteiger partial charge in [-0.1, -0.05) is 18.2 Å². The number of halogens is 3. The average Bonchev–Trinajstić information content (AvgIpc) is 3.22. The van der Waals surface area contributed by atoms with Crippen LogP contribution in [0.15, 0.2) is 53.9 Å². The van der Waals surface area contributed by atoms with E-state index in [2.05, 4.69) is 15.2 Å². The highest BCUT2D eigenvalue weighted by atomic mass is 32.1. The van der Waals surface area contributed by atoms with Crippen molar-refractivity contribution in [3.8, 4) is 11.3 Å². The van der Waals surface area contributed by atoms with Crippen LogP contribution in [0.2, 0.25) is 0 Å². The molecule has 1 aromatic heterocycles. The number of carbonyl (C=O) groups is 1. The van der Waals surface area contributed by atoms with Gasteiger partial charge in [0, 0.05) is 48.4 Å². The average molecular weight is 446 g/mol. The Balaban J connectivity index is 1.49. The van der Waals surface area contributed by atoms with E-state index in [0.29, 0.717) is 35.2 Å². The normalized spacial score (nSPS) is 15.2. The van der Waals surface area contributed by atoms with Gasteiger partial charge in [-0.3, -0.25) is 4.79 Å². The van der Waals surface area contributed by atoms with E-state index in [4.69, 9.17) is 0 Å². The van der Waals surface area contributed by atoms with Gasteiger partial charge in [-0.2, -0.15) is 13.2 Å². The number of piperazine rings is 1. The highest BCUT2D eigenvalue weighted by Crippen LogP contribution is 2.33. The van der Waals surface area contributed by atoms with Gasteiger partial charge in [0.2, 0.25) is 0 Å². The molecule has 0 unspecified atom stereocenters. The second-order valence-electron chi connectivity index (χ2n) is 7.42. The third-order valence-corrected chi connectivity index (χ3v) is 5.90. The molecule has 9 heteroatoms. The molecule has 1 N–H and O–H groups in total. The van der Waals surface area contributed by atoms with Gasteiger partial charge < -0.3 is 15.1 Å². The van der Waals surface area contributed by atoms with Crippen LogP contribution in [-0.2, 0) is 6.18 Å². The molecule has 0 spiro atoms. The van der Waals surface area contributed by atoms with E-state index < -0.39 is 11.7 Å². The SMILES string of the molecule is CN1CCN(C(=O)c2cccc(-c3csc(Nc4cccc(C(F)(F)F)c4)n3)c2)CC1. The number of hydrogen-bond acceptors (Lipinski definition) is 5. The molecule has 1 fully saturated rings. The molecule has 3 aromatic rings. The first-order valence-electron chi connectivity index (χ1n) is 9.78. The number of nitrogens with one attached hydrogen (secondary N) is 1. The molecule has 162 valence electrons. The third-order valence-electron chi connectivity index (χ3n) is 5.14. The van der Waals surface area contributed by atoms with E-state index in [1.165, 1.54) is 17.4 Å². The van der Waals surface area contributed by atoms with Gasteiger partial charge >= 0.3 is 6.18 Å². The molecule has 0 aliphatic carbocycles. The monoisotopic (exact) mass is 446 g/mol. The predicted molar refractivity (Wildman–Crippen MR) is 116 cm³/mol. The minimum atomic E-state index is -4.40. The lowest BCUT2D eigenvalue weighted by atomic mass is 10.1. The van der Waals surface area contributed by atoms with Gasteiger partial charge in [-0.15, -0.1) is 11.3 Å². The minimum Gasteiger partial charge on any atom is -0.336 e. The number of nitrogens with zero attached hydrogens (tertiary/aromatic N) is 3. The molecule has 1 aliphatic heterocycles. The third kappa shape index (κ3) is 5.05. The molecule has 2 heterocycles. The molecule has 1 aliphatic rings. The fourth-order valence-corrected chi connectivity index (χ4v) is 4.10. The van der Waals surface area contributed by atoms with E-state index in [1.807, 2.05) is 35.5 Å². The van der Waals surface area contributed by atoms with Crippen LogP contribution in [0.3, 0.4) is 0 Å². The molecule has 2 aromatic carbocycles. The zero-order valence-electron chi connectivity index (χ0n) is 16.8. The lowest BCUT2D eigenvalue weighted by molar-refractivity contribution is -0.137. The number of amides is 1. The maximum Gasteiger partial charge on any atom is 0.416 e. The number of hydrogen-bond donors (Lipinski definition) is 1. The van der Waals surface area contributed by atoms with Gasteiger partial charge in [-0.25, -0.2) is 4.98 Å². The van der Waals surface area contributed by atoms with Crippen molar-refractivity contribution in [3.63, 3.8) is 0 Å². The van der Waals surface area contributed by atoms with Gasteiger partial charge in [0.1, 0.15) is 0 Å².